The van der Waals surface area contributed by atoms with Crippen molar-refractivity contribution < 1.29 is 4.74 Å². The minimum Gasteiger partial charge on any atom is -0.457 e. The second-order valence-electron chi connectivity index (χ2n) is 7.74. The smallest absolute Gasteiger partial charge is 0.280 e. The van der Waals surface area contributed by atoms with Crippen LogP contribution in [0.15, 0.2) is 94.5 Å². The molecule has 0 unspecified atom stereocenters. The Balaban J connectivity index is 1.53. The molecule has 7 heteroatoms. The van der Waals surface area contributed by atoms with Gasteiger partial charge in [-0.15, -0.1) is 0 Å². The van der Waals surface area contributed by atoms with E-state index in [9.17, 15) is 9.59 Å². The van der Waals surface area contributed by atoms with Crippen LogP contribution >= 0.6 is 11.6 Å². The van der Waals surface area contributed by atoms with Gasteiger partial charge in [-0.05, 0) is 55.0 Å². The van der Waals surface area contributed by atoms with Crippen LogP contribution in [-0.4, -0.2) is 14.3 Å². The van der Waals surface area contributed by atoms with Gasteiger partial charge in [-0.1, -0.05) is 48.0 Å². The van der Waals surface area contributed by atoms with Crippen molar-refractivity contribution in [2.75, 3.05) is 0 Å². The van der Waals surface area contributed by atoms with Gasteiger partial charge in [0.25, 0.3) is 11.1 Å². The molecule has 0 radical (unpaired) electrons. The molecule has 2 aromatic heterocycles. The van der Waals surface area contributed by atoms with Crippen LogP contribution in [-0.2, 0) is 6.54 Å². The van der Waals surface area contributed by atoms with Gasteiger partial charge in [-0.25, -0.2) is 4.68 Å². The van der Waals surface area contributed by atoms with Gasteiger partial charge in [0.05, 0.1) is 23.1 Å². The zero-order chi connectivity index (χ0) is 22.9. The van der Waals surface area contributed by atoms with E-state index in [2.05, 4.69) is 5.10 Å². The summed E-state index contributed by atoms with van der Waals surface area (Å²) in [6.45, 7) is 2.10. The molecule has 3 aromatic carbocycles. The summed E-state index contributed by atoms with van der Waals surface area (Å²) in [7, 11) is 0. The lowest BCUT2D eigenvalue weighted by Crippen LogP contribution is -2.23. The number of hydrogen-bond donors (Lipinski definition) is 1. The van der Waals surface area contributed by atoms with E-state index in [1.165, 1.54) is 10.7 Å². The topological polar surface area (TPSA) is 69.0 Å². The Kier molecular flexibility index (Phi) is 5.36. The number of benzene rings is 3. The van der Waals surface area contributed by atoms with E-state index in [1.807, 2.05) is 54.6 Å². The fourth-order valence-corrected chi connectivity index (χ4v) is 4.10. The molecule has 0 aliphatic rings. The van der Waals surface area contributed by atoms with Crippen molar-refractivity contribution in [3.05, 3.63) is 122 Å². The molecule has 0 bridgehead atoms. The second-order valence-corrected chi connectivity index (χ2v) is 8.17. The lowest BCUT2D eigenvalue weighted by atomic mass is 10.2. The SMILES string of the molecule is Cc1c2c(=O)n(-c3cccc(Cl)c3)[nH]c2cc(=O)n1Cc1cccc(Oc2ccccc2)c1. The van der Waals surface area contributed by atoms with E-state index in [0.717, 1.165) is 11.3 Å². The van der Waals surface area contributed by atoms with Crippen molar-refractivity contribution in [1.82, 2.24) is 14.3 Å². The number of pyridine rings is 1. The largest absolute Gasteiger partial charge is 0.457 e. The lowest BCUT2D eigenvalue weighted by molar-refractivity contribution is 0.481. The Morgan fingerprint density at radius 3 is 2.42 bits per heavy atom. The number of nitrogens with one attached hydrogen (secondary N) is 1. The fourth-order valence-electron chi connectivity index (χ4n) is 3.92. The minimum atomic E-state index is -0.236. The molecule has 33 heavy (non-hydrogen) atoms. The van der Waals surface area contributed by atoms with Crippen molar-refractivity contribution in [1.29, 1.82) is 0 Å². The maximum absolute atomic E-state index is 13.2. The monoisotopic (exact) mass is 457 g/mol. The molecule has 2 heterocycles. The van der Waals surface area contributed by atoms with Crippen molar-refractivity contribution in [2.24, 2.45) is 0 Å². The highest BCUT2D eigenvalue weighted by atomic mass is 35.5. The van der Waals surface area contributed by atoms with Crippen LogP contribution in [0.4, 0.5) is 0 Å². The predicted octanol–water partition coefficient (Wildman–Crippen LogP) is 5.28. The van der Waals surface area contributed by atoms with E-state index < -0.39 is 0 Å². The number of aromatic nitrogens is 3. The summed E-state index contributed by atoms with van der Waals surface area (Å²) in [5.41, 5.74) is 2.13. The van der Waals surface area contributed by atoms with Crippen LogP contribution in [0.5, 0.6) is 11.5 Å². The molecule has 6 nitrogen and oxygen atoms in total. The Labute approximate surface area is 194 Å². The Hall–Kier alpha value is -4.03. The summed E-state index contributed by atoms with van der Waals surface area (Å²) >= 11 is 6.09. The molecule has 0 saturated carbocycles. The molecule has 5 aromatic rings. The molecule has 1 N–H and O–H groups in total. The Bertz CT molecular complexity index is 1580. The van der Waals surface area contributed by atoms with Gasteiger partial charge in [0.15, 0.2) is 0 Å². The van der Waals surface area contributed by atoms with Gasteiger partial charge in [0.2, 0.25) is 0 Å². The zero-order valence-corrected chi connectivity index (χ0v) is 18.5. The number of H-pyrrole nitrogens is 1. The highest BCUT2D eigenvalue weighted by Gasteiger charge is 2.16. The van der Waals surface area contributed by atoms with Gasteiger partial charge in [0.1, 0.15) is 11.5 Å². The second kappa shape index (κ2) is 8.48. The van der Waals surface area contributed by atoms with E-state index in [-0.39, 0.29) is 11.1 Å². The highest BCUT2D eigenvalue weighted by molar-refractivity contribution is 6.30. The number of nitrogens with zero attached hydrogens (tertiary/aromatic N) is 2. The quantitative estimate of drug-likeness (QED) is 0.390. The Morgan fingerprint density at radius 1 is 0.879 bits per heavy atom. The van der Waals surface area contributed by atoms with Crippen LogP contribution in [0.1, 0.15) is 11.3 Å². The predicted molar refractivity (Wildman–Crippen MR) is 130 cm³/mol. The molecule has 0 saturated heterocycles. The number of hydrogen-bond acceptors (Lipinski definition) is 3. The molecule has 0 aliphatic heterocycles. The molecule has 5 rings (SSSR count). The number of fused-ring (bicyclic) bond motifs is 1. The molecule has 0 aliphatic carbocycles. The first-order valence-electron chi connectivity index (χ1n) is 10.4. The first kappa shape index (κ1) is 20.8. The van der Waals surface area contributed by atoms with Crippen LogP contribution in [0, 0.1) is 6.92 Å². The van der Waals surface area contributed by atoms with Crippen LogP contribution in [0.3, 0.4) is 0 Å². The van der Waals surface area contributed by atoms with Gasteiger partial charge in [-0.2, -0.15) is 0 Å². The van der Waals surface area contributed by atoms with Crippen LogP contribution < -0.4 is 15.9 Å². The number of para-hydroxylation sites is 1. The van der Waals surface area contributed by atoms with Gasteiger partial charge < -0.3 is 9.30 Å². The van der Waals surface area contributed by atoms with Crippen LogP contribution in [0.25, 0.3) is 16.6 Å². The average molecular weight is 458 g/mol. The van der Waals surface area contributed by atoms with Crippen LogP contribution in [0.2, 0.25) is 5.02 Å². The number of rotatable bonds is 5. The number of halogens is 1. The van der Waals surface area contributed by atoms with Gasteiger partial charge >= 0.3 is 0 Å². The van der Waals surface area contributed by atoms with E-state index in [4.69, 9.17) is 16.3 Å². The summed E-state index contributed by atoms with van der Waals surface area (Å²) in [6.07, 6.45) is 0. The first-order valence-corrected chi connectivity index (χ1v) is 10.8. The zero-order valence-electron chi connectivity index (χ0n) is 17.8. The highest BCUT2D eigenvalue weighted by Crippen LogP contribution is 2.23. The lowest BCUT2D eigenvalue weighted by Gasteiger charge is -2.12. The third kappa shape index (κ3) is 4.08. The molecular formula is C26H20ClN3O3. The van der Waals surface area contributed by atoms with Crippen molar-refractivity contribution in [3.8, 4) is 17.2 Å². The van der Waals surface area contributed by atoms with Crippen molar-refractivity contribution in [2.45, 2.75) is 13.5 Å². The number of ether oxygens (including phenoxy) is 1. The molecule has 0 spiro atoms. The molecule has 164 valence electrons. The average Bonchev–Trinajstić information content (AvgIpc) is 3.13. The number of aromatic amines is 1. The summed E-state index contributed by atoms with van der Waals surface area (Å²) < 4.78 is 8.92. The molecule has 0 atom stereocenters. The molecular weight excluding hydrogens is 438 g/mol. The molecule has 0 fully saturated rings. The van der Waals surface area contributed by atoms with Crippen molar-refractivity contribution in [3.63, 3.8) is 0 Å². The van der Waals surface area contributed by atoms with E-state index in [1.54, 1.807) is 35.8 Å². The summed E-state index contributed by atoms with van der Waals surface area (Å²) in [6, 6.07) is 25.5. The minimum absolute atomic E-state index is 0.200. The van der Waals surface area contributed by atoms with E-state index in [0.29, 0.717) is 39.6 Å². The van der Waals surface area contributed by atoms with Crippen molar-refractivity contribution >= 4 is 22.5 Å². The fraction of sp³-hybridized carbons (Fsp3) is 0.0769. The first-order chi connectivity index (χ1) is 16.0. The summed E-state index contributed by atoms with van der Waals surface area (Å²) in [4.78, 5) is 26.1. The summed E-state index contributed by atoms with van der Waals surface area (Å²) in [5.74, 6) is 1.41. The standard InChI is InChI=1S/C26H20ClN3O3/c1-17-25-23(28-30(26(25)32)20-9-6-8-19(27)14-20)15-24(31)29(17)16-18-7-5-12-22(13-18)33-21-10-3-2-4-11-21/h2-15,28H,16H2,1H3. The maximum atomic E-state index is 13.2. The molecule has 0 amide bonds. The third-order valence-corrected chi connectivity index (χ3v) is 5.74. The van der Waals surface area contributed by atoms with Gasteiger partial charge in [0, 0.05) is 16.8 Å². The normalized spacial score (nSPS) is 11.1. The van der Waals surface area contributed by atoms with Gasteiger partial charge in [-0.3, -0.25) is 14.7 Å². The summed E-state index contributed by atoms with van der Waals surface area (Å²) in [5, 5.41) is 4.01. The maximum Gasteiger partial charge on any atom is 0.280 e. The third-order valence-electron chi connectivity index (χ3n) is 5.50. The Morgan fingerprint density at radius 2 is 1.64 bits per heavy atom. The number of aryl methyl sites for hydroxylation is 1. The van der Waals surface area contributed by atoms with E-state index >= 15 is 0 Å².